The van der Waals surface area contributed by atoms with Crippen LogP contribution in [-0.2, 0) is 13.1 Å². The number of nitrogens with one attached hydrogen (secondary N) is 1. The Bertz CT molecular complexity index is 673. The van der Waals surface area contributed by atoms with Crippen LogP contribution in [0, 0.1) is 5.92 Å². The quantitative estimate of drug-likeness (QED) is 0.728. The minimum atomic E-state index is 0.547. The normalized spacial score (nSPS) is 12.4. The van der Waals surface area contributed by atoms with Gasteiger partial charge in [-0.2, -0.15) is 5.10 Å². The number of benzene rings is 1. The van der Waals surface area contributed by atoms with Crippen molar-refractivity contribution < 1.29 is 0 Å². The Kier molecular flexibility index (Phi) is 4.65. The van der Waals surface area contributed by atoms with Crippen molar-refractivity contribution in [1.29, 1.82) is 0 Å². The fourth-order valence-electron chi connectivity index (χ4n) is 2.57. The van der Waals surface area contributed by atoms with Crippen molar-refractivity contribution in [3.63, 3.8) is 0 Å². The highest BCUT2D eigenvalue weighted by atomic mass is 15.3. The zero-order valence-corrected chi connectivity index (χ0v) is 12.8. The van der Waals surface area contributed by atoms with Crippen LogP contribution in [0.2, 0.25) is 0 Å². The SMILES string of the molecule is CC(CNCc1ccccc1-n1cccn1)Cn1ccnc1. The van der Waals surface area contributed by atoms with Crippen LogP contribution in [0.25, 0.3) is 5.69 Å². The van der Waals surface area contributed by atoms with Gasteiger partial charge in [0.15, 0.2) is 0 Å². The molecular formula is C17H21N5. The molecule has 1 atom stereocenters. The Hall–Kier alpha value is -2.40. The average Bonchev–Trinajstić information content (AvgIpc) is 3.21. The smallest absolute Gasteiger partial charge is 0.0946 e. The highest BCUT2D eigenvalue weighted by Crippen LogP contribution is 2.13. The Morgan fingerprint density at radius 2 is 2.05 bits per heavy atom. The molecule has 0 saturated heterocycles. The van der Waals surface area contributed by atoms with E-state index in [1.807, 2.05) is 41.7 Å². The molecule has 5 nitrogen and oxygen atoms in total. The van der Waals surface area contributed by atoms with Gasteiger partial charge in [-0.3, -0.25) is 0 Å². The van der Waals surface area contributed by atoms with Crippen molar-refractivity contribution in [3.8, 4) is 5.69 Å². The number of imidazole rings is 1. The first-order valence-electron chi connectivity index (χ1n) is 7.57. The van der Waals surface area contributed by atoms with Gasteiger partial charge in [-0.05, 0) is 30.2 Å². The van der Waals surface area contributed by atoms with Crippen molar-refractivity contribution in [2.45, 2.75) is 20.0 Å². The van der Waals surface area contributed by atoms with Gasteiger partial charge in [0.05, 0.1) is 12.0 Å². The molecule has 114 valence electrons. The third-order valence-corrected chi connectivity index (χ3v) is 3.63. The van der Waals surface area contributed by atoms with Crippen LogP contribution < -0.4 is 5.32 Å². The molecule has 5 heteroatoms. The van der Waals surface area contributed by atoms with E-state index >= 15 is 0 Å². The number of aromatic nitrogens is 4. The summed E-state index contributed by atoms with van der Waals surface area (Å²) in [5, 5.41) is 7.86. The first-order chi connectivity index (χ1) is 10.8. The molecule has 0 fully saturated rings. The average molecular weight is 295 g/mol. The van der Waals surface area contributed by atoms with Crippen LogP contribution in [0.3, 0.4) is 0 Å². The molecule has 0 saturated carbocycles. The molecule has 0 bridgehead atoms. The molecular weight excluding hydrogens is 274 g/mol. The molecule has 0 spiro atoms. The van der Waals surface area contributed by atoms with Gasteiger partial charge in [-0.15, -0.1) is 0 Å². The van der Waals surface area contributed by atoms with E-state index in [1.165, 1.54) is 5.56 Å². The van der Waals surface area contributed by atoms with Crippen LogP contribution in [0.1, 0.15) is 12.5 Å². The van der Waals surface area contributed by atoms with Crippen LogP contribution >= 0.6 is 0 Å². The Labute approximate surface area is 130 Å². The molecule has 0 aliphatic carbocycles. The molecule has 1 unspecified atom stereocenters. The highest BCUT2D eigenvalue weighted by molar-refractivity contribution is 5.40. The lowest BCUT2D eigenvalue weighted by molar-refractivity contribution is 0.444. The van der Waals surface area contributed by atoms with E-state index in [-0.39, 0.29) is 0 Å². The summed E-state index contributed by atoms with van der Waals surface area (Å²) in [5.74, 6) is 0.547. The standard InChI is InChI=1S/C17H21N5/c1-15(13-21-10-8-18-14-21)11-19-12-16-5-2-3-6-17(16)22-9-4-7-20-22/h2-10,14-15,19H,11-13H2,1H3. The molecule has 1 N–H and O–H groups in total. The second-order valence-electron chi connectivity index (χ2n) is 5.57. The fourth-order valence-corrected chi connectivity index (χ4v) is 2.57. The molecule has 2 heterocycles. The third kappa shape index (κ3) is 3.62. The zero-order chi connectivity index (χ0) is 15.2. The van der Waals surface area contributed by atoms with Crippen molar-refractivity contribution in [2.24, 2.45) is 5.92 Å². The van der Waals surface area contributed by atoms with Gasteiger partial charge in [0.2, 0.25) is 0 Å². The van der Waals surface area contributed by atoms with Crippen LogP contribution in [-0.4, -0.2) is 25.9 Å². The summed E-state index contributed by atoms with van der Waals surface area (Å²) in [7, 11) is 0. The summed E-state index contributed by atoms with van der Waals surface area (Å²) in [5.41, 5.74) is 2.38. The van der Waals surface area contributed by atoms with E-state index in [0.717, 1.165) is 25.3 Å². The Balaban J connectivity index is 1.56. The molecule has 0 aliphatic rings. The van der Waals surface area contributed by atoms with E-state index in [2.05, 4.69) is 45.1 Å². The number of rotatable bonds is 7. The van der Waals surface area contributed by atoms with Gasteiger partial charge >= 0.3 is 0 Å². The predicted octanol–water partition coefficient (Wildman–Crippen LogP) is 2.49. The maximum Gasteiger partial charge on any atom is 0.0946 e. The van der Waals surface area contributed by atoms with Crippen molar-refractivity contribution in [3.05, 3.63) is 67.0 Å². The predicted molar refractivity (Wildman–Crippen MR) is 86.7 cm³/mol. The molecule has 22 heavy (non-hydrogen) atoms. The van der Waals surface area contributed by atoms with Crippen LogP contribution in [0.5, 0.6) is 0 Å². The first-order valence-corrected chi connectivity index (χ1v) is 7.57. The molecule has 1 aromatic carbocycles. The van der Waals surface area contributed by atoms with Gasteiger partial charge in [0.25, 0.3) is 0 Å². The van der Waals surface area contributed by atoms with E-state index in [1.54, 1.807) is 6.20 Å². The number of nitrogens with zero attached hydrogens (tertiary/aromatic N) is 4. The summed E-state index contributed by atoms with van der Waals surface area (Å²) in [6.07, 6.45) is 9.46. The summed E-state index contributed by atoms with van der Waals surface area (Å²) < 4.78 is 4.02. The number of para-hydroxylation sites is 1. The van der Waals surface area contributed by atoms with E-state index in [9.17, 15) is 0 Å². The van der Waals surface area contributed by atoms with Crippen molar-refractivity contribution >= 4 is 0 Å². The third-order valence-electron chi connectivity index (χ3n) is 3.63. The minimum absolute atomic E-state index is 0.547. The second-order valence-corrected chi connectivity index (χ2v) is 5.57. The van der Waals surface area contributed by atoms with E-state index in [4.69, 9.17) is 0 Å². The highest BCUT2D eigenvalue weighted by Gasteiger charge is 2.06. The second kappa shape index (κ2) is 7.04. The lowest BCUT2D eigenvalue weighted by atomic mass is 10.1. The molecule has 0 radical (unpaired) electrons. The van der Waals surface area contributed by atoms with Crippen molar-refractivity contribution in [2.75, 3.05) is 6.54 Å². The summed E-state index contributed by atoms with van der Waals surface area (Å²) >= 11 is 0. The van der Waals surface area contributed by atoms with Gasteiger partial charge in [-0.1, -0.05) is 25.1 Å². The van der Waals surface area contributed by atoms with Gasteiger partial charge < -0.3 is 9.88 Å². The zero-order valence-electron chi connectivity index (χ0n) is 12.8. The molecule has 0 amide bonds. The van der Waals surface area contributed by atoms with Gasteiger partial charge in [0, 0.05) is 37.9 Å². The summed E-state index contributed by atoms with van der Waals surface area (Å²) in [6, 6.07) is 10.3. The van der Waals surface area contributed by atoms with Crippen LogP contribution in [0.15, 0.2) is 61.4 Å². The molecule has 2 aromatic heterocycles. The number of hydrogen-bond acceptors (Lipinski definition) is 3. The largest absolute Gasteiger partial charge is 0.337 e. The maximum atomic E-state index is 4.32. The number of hydrogen-bond donors (Lipinski definition) is 1. The topological polar surface area (TPSA) is 47.7 Å². The van der Waals surface area contributed by atoms with E-state index in [0.29, 0.717) is 5.92 Å². The summed E-state index contributed by atoms with van der Waals surface area (Å²) in [6.45, 7) is 5.02. The first kappa shape index (κ1) is 14.5. The Morgan fingerprint density at radius 3 is 2.82 bits per heavy atom. The van der Waals surface area contributed by atoms with Crippen LogP contribution in [0.4, 0.5) is 0 Å². The lowest BCUT2D eigenvalue weighted by Gasteiger charge is -2.15. The van der Waals surface area contributed by atoms with E-state index < -0.39 is 0 Å². The van der Waals surface area contributed by atoms with Gasteiger partial charge in [-0.25, -0.2) is 9.67 Å². The molecule has 3 aromatic rings. The lowest BCUT2D eigenvalue weighted by Crippen LogP contribution is -2.24. The minimum Gasteiger partial charge on any atom is -0.337 e. The Morgan fingerprint density at radius 1 is 1.14 bits per heavy atom. The molecule has 0 aliphatic heterocycles. The maximum absolute atomic E-state index is 4.32. The summed E-state index contributed by atoms with van der Waals surface area (Å²) in [4.78, 5) is 4.08. The fraction of sp³-hybridized carbons (Fsp3) is 0.294. The van der Waals surface area contributed by atoms with Gasteiger partial charge in [0.1, 0.15) is 0 Å². The molecule has 3 rings (SSSR count). The van der Waals surface area contributed by atoms with Crippen molar-refractivity contribution in [1.82, 2.24) is 24.6 Å². The monoisotopic (exact) mass is 295 g/mol.